The minimum atomic E-state index is -0.277. The molecule has 1 aliphatic rings. The third-order valence-electron chi connectivity index (χ3n) is 5.03. The number of carbonyl (C=O) groups excluding carboxylic acids is 2. The lowest BCUT2D eigenvalue weighted by molar-refractivity contribution is -0.117. The van der Waals surface area contributed by atoms with Gasteiger partial charge in [-0.2, -0.15) is 0 Å². The van der Waals surface area contributed by atoms with Gasteiger partial charge in [0.2, 0.25) is 5.91 Å². The highest BCUT2D eigenvalue weighted by Gasteiger charge is 2.21. The van der Waals surface area contributed by atoms with Crippen molar-refractivity contribution in [3.63, 3.8) is 0 Å². The molecule has 7 heteroatoms. The lowest BCUT2D eigenvalue weighted by atomic mass is 10.1. The van der Waals surface area contributed by atoms with Crippen LogP contribution in [0.2, 0.25) is 0 Å². The highest BCUT2D eigenvalue weighted by Crippen LogP contribution is 2.29. The number of ether oxygens (including phenoxy) is 2. The van der Waals surface area contributed by atoms with Crippen molar-refractivity contribution in [1.29, 1.82) is 0 Å². The largest absolute Gasteiger partial charge is 0.497 e. The summed E-state index contributed by atoms with van der Waals surface area (Å²) in [6, 6.07) is 12.6. The van der Waals surface area contributed by atoms with Crippen molar-refractivity contribution in [3.05, 3.63) is 53.6 Å². The lowest BCUT2D eigenvalue weighted by Gasteiger charge is -2.19. The molecule has 0 saturated carbocycles. The molecule has 0 unspecified atom stereocenters. The summed E-state index contributed by atoms with van der Waals surface area (Å²) in [6.07, 6.45) is 1.51. The van der Waals surface area contributed by atoms with Crippen LogP contribution in [-0.4, -0.2) is 32.7 Å². The Balaban J connectivity index is 1.55. The fourth-order valence-corrected chi connectivity index (χ4v) is 3.40. The van der Waals surface area contributed by atoms with Gasteiger partial charge in [0, 0.05) is 30.8 Å². The van der Waals surface area contributed by atoms with Crippen LogP contribution in [0.25, 0.3) is 0 Å². The number of hydrogen-bond donors (Lipinski definition) is 2. The van der Waals surface area contributed by atoms with Crippen LogP contribution in [0.3, 0.4) is 0 Å². The second-order valence-electron chi connectivity index (χ2n) is 6.97. The molecule has 1 atom stereocenters. The third kappa shape index (κ3) is 4.99. The Morgan fingerprint density at radius 2 is 1.90 bits per heavy atom. The third-order valence-corrected chi connectivity index (χ3v) is 5.03. The van der Waals surface area contributed by atoms with E-state index < -0.39 is 0 Å². The van der Waals surface area contributed by atoms with Gasteiger partial charge in [-0.3, -0.25) is 4.79 Å². The van der Waals surface area contributed by atoms with Gasteiger partial charge in [-0.25, -0.2) is 4.79 Å². The molecule has 2 N–H and O–H groups in total. The molecule has 0 aromatic heterocycles. The normalized spacial score (nSPS) is 14.4. The van der Waals surface area contributed by atoms with E-state index in [-0.39, 0.29) is 18.0 Å². The lowest BCUT2D eigenvalue weighted by Crippen LogP contribution is -2.36. The van der Waals surface area contributed by atoms with E-state index in [0.717, 1.165) is 29.8 Å². The van der Waals surface area contributed by atoms with Crippen molar-refractivity contribution in [1.82, 2.24) is 10.6 Å². The Hall–Kier alpha value is -3.22. The van der Waals surface area contributed by atoms with Crippen LogP contribution in [0.5, 0.6) is 11.5 Å². The molecule has 2 aromatic carbocycles. The standard InChI is InChI=1S/C22H27N3O4/c1-15(19-13-18(28-2)10-11-20(19)29-3)24-22(27)23-14-16-6-8-17(9-7-16)25-12-4-5-21(25)26/h6-11,13,15H,4-5,12,14H2,1-3H3,(H2,23,24,27)/t15-/m0/s1. The van der Waals surface area contributed by atoms with Crippen LogP contribution < -0.4 is 25.0 Å². The van der Waals surface area contributed by atoms with Crippen LogP contribution in [-0.2, 0) is 11.3 Å². The van der Waals surface area contributed by atoms with Gasteiger partial charge in [-0.15, -0.1) is 0 Å². The van der Waals surface area contributed by atoms with Gasteiger partial charge in [0.1, 0.15) is 11.5 Å². The van der Waals surface area contributed by atoms with Crippen LogP contribution in [0.1, 0.15) is 36.9 Å². The first-order valence-corrected chi connectivity index (χ1v) is 9.67. The van der Waals surface area contributed by atoms with Crippen molar-refractivity contribution < 1.29 is 19.1 Å². The Labute approximate surface area is 171 Å². The molecular weight excluding hydrogens is 370 g/mol. The predicted octanol–water partition coefficient (Wildman–Crippen LogP) is 3.39. The zero-order valence-electron chi connectivity index (χ0n) is 17.0. The molecule has 1 aliphatic heterocycles. The summed E-state index contributed by atoms with van der Waals surface area (Å²) in [5.41, 5.74) is 2.70. The number of anilines is 1. The second kappa shape index (κ2) is 9.32. The molecule has 3 amide bonds. The Morgan fingerprint density at radius 1 is 1.14 bits per heavy atom. The number of hydrogen-bond acceptors (Lipinski definition) is 4. The summed E-state index contributed by atoms with van der Waals surface area (Å²) in [6.45, 7) is 3.05. The molecule has 1 fully saturated rings. The summed E-state index contributed by atoms with van der Waals surface area (Å²) in [5.74, 6) is 1.55. The van der Waals surface area contributed by atoms with Crippen molar-refractivity contribution in [2.75, 3.05) is 25.7 Å². The highest BCUT2D eigenvalue weighted by molar-refractivity contribution is 5.95. The zero-order chi connectivity index (χ0) is 20.8. The first-order valence-electron chi connectivity index (χ1n) is 9.67. The van der Waals surface area contributed by atoms with Crippen LogP contribution >= 0.6 is 0 Å². The van der Waals surface area contributed by atoms with E-state index in [0.29, 0.717) is 24.5 Å². The van der Waals surface area contributed by atoms with Gasteiger partial charge >= 0.3 is 6.03 Å². The smallest absolute Gasteiger partial charge is 0.315 e. The maximum absolute atomic E-state index is 12.3. The van der Waals surface area contributed by atoms with Crippen LogP contribution in [0.4, 0.5) is 10.5 Å². The molecule has 29 heavy (non-hydrogen) atoms. The second-order valence-corrected chi connectivity index (χ2v) is 6.97. The first kappa shape index (κ1) is 20.5. The van der Waals surface area contributed by atoms with E-state index in [2.05, 4.69) is 10.6 Å². The Bertz CT molecular complexity index is 867. The molecular formula is C22H27N3O4. The molecule has 2 aromatic rings. The van der Waals surface area contributed by atoms with Gasteiger partial charge in [0.05, 0.1) is 20.3 Å². The number of benzene rings is 2. The van der Waals surface area contributed by atoms with Crippen LogP contribution in [0, 0.1) is 0 Å². The topological polar surface area (TPSA) is 79.9 Å². The molecule has 154 valence electrons. The first-order chi connectivity index (χ1) is 14.0. The summed E-state index contributed by atoms with van der Waals surface area (Å²) < 4.78 is 10.6. The fourth-order valence-electron chi connectivity index (χ4n) is 3.40. The molecule has 0 spiro atoms. The van der Waals surface area contributed by atoms with E-state index in [9.17, 15) is 9.59 Å². The molecule has 1 heterocycles. The number of nitrogens with one attached hydrogen (secondary N) is 2. The number of rotatable bonds is 7. The SMILES string of the molecule is COc1ccc(OC)c([C@H](C)NC(=O)NCc2ccc(N3CCCC3=O)cc2)c1. The predicted molar refractivity (Wildman–Crippen MR) is 111 cm³/mol. The summed E-state index contributed by atoms with van der Waals surface area (Å²) >= 11 is 0. The van der Waals surface area contributed by atoms with Gasteiger partial charge in [0.25, 0.3) is 0 Å². The summed E-state index contributed by atoms with van der Waals surface area (Å²) in [5, 5.41) is 5.78. The van der Waals surface area contributed by atoms with Crippen molar-refractivity contribution in [2.45, 2.75) is 32.4 Å². The van der Waals surface area contributed by atoms with E-state index in [4.69, 9.17) is 9.47 Å². The minimum Gasteiger partial charge on any atom is -0.497 e. The van der Waals surface area contributed by atoms with Gasteiger partial charge < -0.3 is 25.0 Å². The summed E-state index contributed by atoms with van der Waals surface area (Å²) in [7, 11) is 3.19. The average Bonchev–Trinajstić information content (AvgIpc) is 3.17. The Kier molecular flexibility index (Phi) is 6.59. The number of carbonyl (C=O) groups is 2. The van der Waals surface area contributed by atoms with Gasteiger partial charge in [0.15, 0.2) is 0 Å². The fraction of sp³-hybridized carbons (Fsp3) is 0.364. The molecule has 0 bridgehead atoms. The van der Waals surface area contributed by atoms with Crippen molar-refractivity contribution >= 4 is 17.6 Å². The average molecular weight is 397 g/mol. The molecule has 1 saturated heterocycles. The molecule has 0 radical (unpaired) electrons. The van der Waals surface area contributed by atoms with E-state index in [1.807, 2.05) is 49.4 Å². The van der Waals surface area contributed by atoms with Gasteiger partial charge in [-0.05, 0) is 49.2 Å². The number of urea groups is 1. The van der Waals surface area contributed by atoms with E-state index in [1.54, 1.807) is 19.1 Å². The zero-order valence-corrected chi connectivity index (χ0v) is 17.0. The van der Waals surface area contributed by atoms with Crippen molar-refractivity contribution in [3.8, 4) is 11.5 Å². The van der Waals surface area contributed by atoms with Gasteiger partial charge in [-0.1, -0.05) is 12.1 Å². The maximum Gasteiger partial charge on any atom is 0.315 e. The minimum absolute atomic E-state index is 0.164. The number of nitrogens with zero attached hydrogens (tertiary/aromatic N) is 1. The number of amides is 3. The highest BCUT2D eigenvalue weighted by atomic mass is 16.5. The van der Waals surface area contributed by atoms with Crippen molar-refractivity contribution in [2.24, 2.45) is 0 Å². The molecule has 7 nitrogen and oxygen atoms in total. The molecule has 0 aliphatic carbocycles. The van der Waals surface area contributed by atoms with E-state index >= 15 is 0 Å². The quantitative estimate of drug-likeness (QED) is 0.751. The number of methoxy groups -OCH3 is 2. The van der Waals surface area contributed by atoms with Crippen LogP contribution in [0.15, 0.2) is 42.5 Å². The Morgan fingerprint density at radius 3 is 2.52 bits per heavy atom. The summed E-state index contributed by atoms with van der Waals surface area (Å²) in [4.78, 5) is 25.9. The van der Waals surface area contributed by atoms with E-state index in [1.165, 1.54) is 0 Å². The monoisotopic (exact) mass is 397 g/mol. The maximum atomic E-state index is 12.3. The molecule has 3 rings (SSSR count).